The lowest BCUT2D eigenvalue weighted by atomic mass is 10.2. The topological polar surface area (TPSA) is 68.3 Å². The molecule has 2 aromatic heterocycles. The SMILES string of the molecule is O=C(CCn1c(=O)oc2cc(Cl)ccc21)N1CCC[C@H]1c1nc2ccccc2s1. The van der Waals surface area contributed by atoms with E-state index < -0.39 is 5.76 Å². The highest BCUT2D eigenvalue weighted by molar-refractivity contribution is 7.18. The Morgan fingerprint density at radius 3 is 3.00 bits per heavy atom. The van der Waals surface area contributed by atoms with Gasteiger partial charge in [0, 0.05) is 30.6 Å². The van der Waals surface area contributed by atoms with Crippen molar-refractivity contribution in [3.8, 4) is 0 Å². The fourth-order valence-corrected chi connectivity index (χ4v) is 5.23. The van der Waals surface area contributed by atoms with Crippen LogP contribution in [-0.4, -0.2) is 26.9 Å². The van der Waals surface area contributed by atoms with E-state index in [9.17, 15) is 9.59 Å². The molecule has 1 aliphatic heterocycles. The van der Waals surface area contributed by atoms with E-state index in [0.717, 1.165) is 34.6 Å². The molecule has 0 spiro atoms. The highest BCUT2D eigenvalue weighted by atomic mass is 35.5. The first-order valence-corrected chi connectivity index (χ1v) is 10.7. The van der Waals surface area contributed by atoms with Crippen LogP contribution in [0.2, 0.25) is 5.02 Å². The molecule has 1 saturated heterocycles. The van der Waals surface area contributed by atoms with Crippen LogP contribution in [-0.2, 0) is 11.3 Å². The number of carbonyl (C=O) groups is 1. The molecule has 0 bridgehead atoms. The molecule has 29 heavy (non-hydrogen) atoms. The second-order valence-electron chi connectivity index (χ2n) is 7.15. The first-order valence-electron chi connectivity index (χ1n) is 9.54. The summed E-state index contributed by atoms with van der Waals surface area (Å²) in [5.41, 5.74) is 2.06. The summed E-state index contributed by atoms with van der Waals surface area (Å²) in [6.45, 7) is 0.991. The Bertz CT molecular complexity index is 1240. The van der Waals surface area contributed by atoms with E-state index in [1.807, 2.05) is 23.1 Å². The first kappa shape index (κ1) is 18.4. The van der Waals surface area contributed by atoms with Gasteiger partial charge in [-0.1, -0.05) is 23.7 Å². The molecule has 4 aromatic rings. The molecule has 0 aliphatic carbocycles. The van der Waals surface area contributed by atoms with Gasteiger partial charge < -0.3 is 9.32 Å². The number of carbonyl (C=O) groups excluding carboxylic acids is 1. The highest BCUT2D eigenvalue weighted by Crippen LogP contribution is 2.36. The Morgan fingerprint density at radius 2 is 2.14 bits per heavy atom. The molecule has 1 aliphatic rings. The quantitative estimate of drug-likeness (QED) is 0.477. The first-order chi connectivity index (χ1) is 14.1. The Labute approximate surface area is 175 Å². The van der Waals surface area contributed by atoms with Crippen molar-refractivity contribution < 1.29 is 9.21 Å². The number of oxazole rings is 1. The Kier molecular flexibility index (Phi) is 4.64. The number of hydrogen-bond acceptors (Lipinski definition) is 5. The number of halogens is 1. The van der Waals surface area contributed by atoms with Crippen molar-refractivity contribution in [2.45, 2.75) is 31.8 Å². The molecule has 1 fully saturated rings. The maximum absolute atomic E-state index is 13.0. The van der Waals surface area contributed by atoms with Crippen molar-refractivity contribution in [3.63, 3.8) is 0 Å². The van der Waals surface area contributed by atoms with Gasteiger partial charge >= 0.3 is 5.76 Å². The molecule has 6 nitrogen and oxygen atoms in total. The van der Waals surface area contributed by atoms with Crippen LogP contribution in [0, 0.1) is 0 Å². The number of fused-ring (bicyclic) bond motifs is 2. The summed E-state index contributed by atoms with van der Waals surface area (Å²) in [6.07, 6.45) is 2.11. The number of rotatable bonds is 4. The van der Waals surface area contributed by atoms with Crippen molar-refractivity contribution >= 4 is 50.2 Å². The third kappa shape index (κ3) is 3.34. The zero-order valence-corrected chi connectivity index (χ0v) is 17.1. The number of aryl methyl sites for hydroxylation is 1. The number of para-hydroxylation sites is 1. The summed E-state index contributed by atoms with van der Waals surface area (Å²) in [4.78, 5) is 31.8. The molecule has 5 rings (SSSR count). The fraction of sp³-hybridized carbons (Fsp3) is 0.286. The number of aromatic nitrogens is 2. The van der Waals surface area contributed by atoms with E-state index in [1.54, 1.807) is 29.5 Å². The van der Waals surface area contributed by atoms with Gasteiger partial charge in [0.25, 0.3) is 0 Å². The van der Waals surface area contributed by atoms with E-state index in [4.69, 9.17) is 21.0 Å². The summed E-state index contributed by atoms with van der Waals surface area (Å²) < 4.78 is 7.88. The van der Waals surface area contributed by atoms with Gasteiger partial charge in [0.05, 0.1) is 21.8 Å². The number of thiazole rings is 1. The summed E-state index contributed by atoms with van der Waals surface area (Å²) in [7, 11) is 0. The van der Waals surface area contributed by atoms with Crippen molar-refractivity contribution in [1.82, 2.24) is 14.5 Å². The summed E-state index contributed by atoms with van der Waals surface area (Å²) in [5, 5.41) is 1.49. The predicted octanol–water partition coefficient (Wildman–Crippen LogP) is 4.61. The number of amides is 1. The van der Waals surface area contributed by atoms with Gasteiger partial charge in [-0.05, 0) is 37.1 Å². The third-order valence-electron chi connectivity index (χ3n) is 5.35. The molecule has 2 aromatic carbocycles. The van der Waals surface area contributed by atoms with Crippen LogP contribution in [0.15, 0.2) is 51.7 Å². The van der Waals surface area contributed by atoms with Gasteiger partial charge in [-0.2, -0.15) is 0 Å². The maximum atomic E-state index is 13.0. The molecule has 1 amide bonds. The van der Waals surface area contributed by atoms with Crippen LogP contribution in [0.4, 0.5) is 0 Å². The molecule has 148 valence electrons. The summed E-state index contributed by atoms with van der Waals surface area (Å²) >= 11 is 7.61. The average Bonchev–Trinajstić information content (AvgIpc) is 3.41. The van der Waals surface area contributed by atoms with Crippen molar-refractivity contribution in [2.75, 3.05) is 6.54 Å². The van der Waals surface area contributed by atoms with Crippen molar-refractivity contribution in [2.24, 2.45) is 0 Å². The van der Waals surface area contributed by atoms with Gasteiger partial charge in [-0.3, -0.25) is 9.36 Å². The smallest absolute Gasteiger partial charge is 0.408 e. The molecule has 0 N–H and O–H groups in total. The Morgan fingerprint density at radius 1 is 1.28 bits per heavy atom. The zero-order valence-electron chi connectivity index (χ0n) is 15.5. The van der Waals surface area contributed by atoms with E-state index in [2.05, 4.69) is 6.07 Å². The monoisotopic (exact) mass is 427 g/mol. The second-order valence-corrected chi connectivity index (χ2v) is 8.65. The minimum Gasteiger partial charge on any atom is -0.408 e. The number of likely N-dealkylation sites (tertiary alicyclic amines) is 1. The summed E-state index contributed by atoms with van der Waals surface area (Å²) in [5.74, 6) is -0.443. The zero-order chi connectivity index (χ0) is 20.0. The highest BCUT2D eigenvalue weighted by Gasteiger charge is 2.32. The molecular formula is C21H18ClN3O3S. The van der Waals surface area contributed by atoms with Crippen LogP contribution in [0.5, 0.6) is 0 Å². The lowest BCUT2D eigenvalue weighted by Crippen LogP contribution is -2.31. The number of hydrogen-bond donors (Lipinski definition) is 0. The van der Waals surface area contributed by atoms with Gasteiger partial charge in [0.15, 0.2) is 5.58 Å². The molecule has 8 heteroatoms. The largest absolute Gasteiger partial charge is 0.419 e. The molecule has 1 atom stereocenters. The van der Waals surface area contributed by atoms with Crippen molar-refractivity contribution in [1.29, 1.82) is 0 Å². The van der Waals surface area contributed by atoms with E-state index in [0.29, 0.717) is 16.1 Å². The minimum atomic E-state index is -0.473. The van der Waals surface area contributed by atoms with E-state index >= 15 is 0 Å². The van der Waals surface area contributed by atoms with Crippen LogP contribution in [0.3, 0.4) is 0 Å². The molecule has 3 heterocycles. The third-order valence-corrected chi connectivity index (χ3v) is 6.72. The Balaban J connectivity index is 1.35. The molecule has 0 saturated carbocycles. The normalized spacial score (nSPS) is 16.9. The standard InChI is InChI=1S/C21H18ClN3O3S/c22-13-7-8-15-17(12-13)28-21(27)25(15)11-9-19(26)24-10-3-5-16(24)20-23-14-4-1-2-6-18(14)29-20/h1-2,4,6-8,12,16H,3,5,9-11H2/t16-/m0/s1. The minimum absolute atomic E-state index is 0.0107. The molecule has 0 radical (unpaired) electrons. The van der Waals surface area contributed by atoms with Crippen molar-refractivity contribution in [3.05, 3.63) is 63.0 Å². The average molecular weight is 428 g/mol. The van der Waals surface area contributed by atoms with Gasteiger partial charge in [-0.15, -0.1) is 11.3 Å². The molecular weight excluding hydrogens is 410 g/mol. The number of benzene rings is 2. The van der Waals surface area contributed by atoms with Gasteiger partial charge in [0.1, 0.15) is 5.01 Å². The summed E-state index contributed by atoms with van der Waals surface area (Å²) in [6, 6.07) is 13.1. The predicted molar refractivity (Wildman–Crippen MR) is 113 cm³/mol. The van der Waals surface area contributed by atoms with Crippen LogP contribution in [0.25, 0.3) is 21.3 Å². The lowest BCUT2D eigenvalue weighted by Gasteiger charge is -2.23. The second kappa shape index (κ2) is 7.31. The van der Waals surface area contributed by atoms with Crippen LogP contribution in [0.1, 0.15) is 30.3 Å². The van der Waals surface area contributed by atoms with Crippen LogP contribution >= 0.6 is 22.9 Å². The van der Waals surface area contributed by atoms with Crippen LogP contribution < -0.4 is 5.76 Å². The van der Waals surface area contributed by atoms with E-state index in [-0.39, 0.29) is 24.9 Å². The lowest BCUT2D eigenvalue weighted by molar-refractivity contribution is -0.132. The maximum Gasteiger partial charge on any atom is 0.419 e. The molecule has 0 unspecified atom stereocenters. The Hall–Kier alpha value is -2.64. The van der Waals surface area contributed by atoms with E-state index in [1.165, 1.54) is 4.57 Å². The fourth-order valence-electron chi connectivity index (χ4n) is 3.96. The number of nitrogens with zero attached hydrogens (tertiary/aromatic N) is 3. The van der Waals surface area contributed by atoms with Gasteiger partial charge in [0.2, 0.25) is 5.91 Å². The van der Waals surface area contributed by atoms with Gasteiger partial charge in [-0.25, -0.2) is 9.78 Å².